The maximum absolute atomic E-state index is 12.4. The van der Waals surface area contributed by atoms with Gasteiger partial charge in [0.15, 0.2) is 11.3 Å². The van der Waals surface area contributed by atoms with Crippen molar-refractivity contribution >= 4 is 35.0 Å². The lowest BCUT2D eigenvalue weighted by atomic mass is 10.0. The van der Waals surface area contributed by atoms with Gasteiger partial charge in [-0.25, -0.2) is 0 Å². The highest BCUT2D eigenvalue weighted by Crippen LogP contribution is 2.49. The molecule has 140 valence electrons. The standard InChI is InChI=1S/C21H21NO3S2/c23-14-12-16(25-20(13-14)22-8-10-24-11-9-22)15-4-3-7-19-21(15)27-18-6-2-1-5-17(18)26-19/h1-7,12-13,17-19,21H,8-11H2. The molecule has 2 saturated heterocycles. The van der Waals surface area contributed by atoms with E-state index in [1.165, 1.54) is 0 Å². The predicted molar refractivity (Wildman–Crippen MR) is 114 cm³/mol. The third-order valence-corrected chi connectivity index (χ3v) is 8.65. The quantitative estimate of drug-likeness (QED) is 0.758. The minimum Gasteiger partial charge on any atom is -0.441 e. The van der Waals surface area contributed by atoms with E-state index in [0.717, 1.165) is 18.7 Å². The van der Waals surface area contributed by atoms with Crippen LogP contribution in [0.5, 0.6) is 0 Å². The lowest BCUT2D eigenvalue weighted by molar-refractivity contribution is 0.120. The molecule has 0 N–H and O–H groups in total. The lowest BCUT2D eigenvalue weighted by Gasteiger charge is -2.40. The van der Waals surface area contributed by atoms with Crippen molar-refractivity contribution in [3.05, 3.63) is 70.6 Å². The zero-order valence-corrected chi connectivity index (χ0v) is 16.5. The zero-order valence-electron chi connectivity index (χ0n) is 14.8. The molecule has 27 heavy (non-hydrogen) atoms. The molecule has 5 rings (SSSR count). The van der Waals surface area contributed by atoms with Gasteiger partial charge in [-0.05, 0) is 0 Å². The first kappa shape index (κ1) is 17.5. The van der Waals surface area contributed by atoms with Gasteiger partial charge in [-0.2, -0.15) is 0 Å². The van der Waals surface area contributed by atoms with Crippen molar-refractivity contribution in [2.24, 2.45) is 0 Å². The molecule has 0 spiro atoms. The van der Waals surface area contributed by atoms with Crippen LogP contribution in [0.15, 0.2) is 63.9 Å². The summed E-state index contributed by atoms with van der Waals surface area (Å²) in [6.07, 6.45) is 15.4. The molecule has 0 amide bonds. The number of anilines is 1. The molecule has 1 aromatic rings. The topological polar surface area (TPSA) is 42.7 Å². The molecule has 0 aromatic carbocycles. The molecule has 0 radical (unpaired) electrons. The third kappa shape index (κ3) is 3.46. The second kappa shape index (κ2) is 7.41. The summed E-state index contributed by atoms with van der Waals surface area (Å²) < 4.78 is 11.7. The minimum atomic E-state index is -0.00317. The van der Waals surface area contributed by atoms with Gasteiger partial charge in [0.25, 0.3) is 0 Å². The van der Waals surface area contributed by atoms with E-state index in [1.807, 2.05) is 23.5 Å². The number of fused-ring (bicyclic) bond motifs is 2. The van der Waals surface area contributed by atoms with Crippen LogP contribution in [0, 0.1) is 0 Å². The van der Waals surface area contributed by atoms with Crippen LogP contribution in [0.4, 0.5) is 5.88 Å². The SMILES string of the molecule is O=c1cc(C2=CC=CC3SC4C=CC=CC4SC23)oc(N2CCOCC2)c1. The summed E-state index contributed by atoms with van der Waals surface area (Å²) >= 11 is 3.98. The van der Waals surface area contributed by atoms with Crippen LogP contribution in [-0.4, -0.2) is 47.3 Å². The average molecular weight is 400 g/mol. The number of hydrogen-bond donors (Lipinski definition) is 0. The van der Waals surface area contributed by atoms with Crippen molar-refractivity contribution in [3.63, 3.8) is 0 Å². The molecule has 4 aliphatic rings. The van der Waals surface area contributed by atoms with Crippen LogP contribution in [-0.2, 0) is 4.74 Å². The van der Waals surface area contributed by atoms with Crippen LogP contribution in [0.1, 0.15) is 5.76 Å². The van der Waals surface area contributed by atoms with Gasteiger partial charge in [0.2, 0.25) is 0 Å². The van der Waals surface area contributed by atoms with Crippen molar-refractivity contribution in [2.75, 3.05) is 31.2 Å². The number of thioether (sulfide) groups is 2. The van der Waals surface area contributed by atoms with E-state index < -0.39 is 0 Å². The fourth-order valence-electron chi connectivity index (χ4n) is 3.84. The molecule has 6 heteroatoms. The van der Waals surface area contributed by atoms with Gasteiger partial charge < -0.3 is 14.1 Å². The summed E-state index contributed by atoms with van der Waals surface area (Å²) in [7, 11) is 0. The lowest BCUT2D eigenvalue weighted by Crippen LogP contribution is -2.37. The summed E-state index contributed by atoms with van der Waals surface area (Å²) in [5.74, 6) is 1.35. The fraction of sp³-hybridized carbons (Fsp3) is 0.381. The highest BCUT2D eigenvalue weighted by atomic mass is 32.2. The molecule has 2 aliphatic carbocycles. The molecule has 3 heterocycles. The van der Waals surface area contributed by atoms with E-state index in [9.17, 15) is 4.79 Å². The van der Waals surface area contributed by atoms with Crippen LogP contribution in [0.3, 0.4) is 0 Å². The summed E-state index contributed by atoms with van der Waals surface area (Å²) in [5.41, 5.74) is 1.12. The Kier molecular flexibility index (Phi) is 4.80. The highest BCUT2D eigenvalue weighted by Gasteiger charge is 2.39. The van der Waals surface area contributed by atoms with Crippen LogP contribution in [0.25, 0.3) is 5.57 Å². The van der Waals surface area contributed by atoms with E-state index >= 15 is 0 Å². The van der Waals surface area contributed by atoms with Gasteiger partial charge in [-0.3, -0.25) is 4.79 Å². The second-order valence-electron chi connectivity index (χ2n) is 6.96. The van der Waals surface area contributed by atoms with Crippen molar-refractivity contribution in [3.8, 4) is 0 Å². The molecule has 4 atom stereocenters. The molecule has 4 nitrogen and oxygen atoms in total. The van der Waals surface area contributed by atoms with Crippen molar-refractivity contribution in [1.82, 2.24) is 0 Å². The normalized spacial score (nSPS) is 32.0. The Morgan fingerprint density at radius 2 is 1.67 bits per heavy atom. The van der Waals surface area contributed by atoms with E-state index in [0.29, 0.717) is 45.9 Å². The first-order valence-corrected chi connectivity index (χ1v) is 11.2. The minimum absolute atomic E-state index is 0.00317. The van der Waals surface area contributed by atoms with Gasteiger partial charge in [0.05, 0.1) is 13.2 Å². The molecular weight excluding hydrogens is 378 g/mol. The average Bonchev–Trinajstić information content (AvgIpc) is 2.72. The van der Waals surface area contributed by atoms with Crippen molar-refractivity contribution in [1.29, 1.82) is 0 Å². The Balaban J connectivity index is 1.47. The summed E-state index contributed by atoms with van der Waals surface area (Å²) in [5, 5.41) is 1.66. The van der Waals surface area contributed by atoms with Gasteiger partial charge >= 0.3 is 0 Å². The number of hydrogen-bond acceptors (Lipinski definition) is 6. The van der Waals surface area contributed by atoms with Gasteiger partial charge in [-0.1, -0.05) is 42.5 Å². The van der Waals surface area contributed by atoms with Gasteiger partial charge in [0, 0.05) is 51.8 Å². The molecule has 0 saturated carbocycles. The third-order valence-electron chi connectivity index (χ3n) is 5.20. The first-order valence-electron chi connectivity index (χ1n) is 9.30. The first-order chi connectivity index (χ1) is 13.3. The zero-order chi connectivity index (χ0) is 18.2. The Morgan fingerprint density at radius 1 is 0.926 bits per heavy atom. The highest BCUT2D eigenvalue weighted by molar-refractivity contribution is 8.08. The number of allylic oxidation sites excluding steroid dienone is 4. The maximum atomic E-state index is 12.4. The van der Waals surface area contributed by atoms with E-state index in [1.54, 1.807) is 12.1 Å². The van der Waals surface area contributed by atoms with Crippen LogP contribution < -0.4 is 10.3 Å². The monoisotopic (exact) mass is 399 g/mol. The summed E-state index contributed by atoms with van der Waals surface area (Å²) in [6, 6.07) is 3.24. The number of ether oxygens (including phenoxy) is 1. The predicted octanol–water partition coefficient (Wildman–Crippen LogP) is 3.51. The molecular formula is C21H21NO3S2. The van der Waals surface area contributed by atoms with Crippen LogP contribution >= 0.6 is 23.5 Å². The summed E-state index contributed by atoms with van der Waals surface area (Å²) in [4.78, 5) is 14.5. The summed E-state index contributed by atoms with van der Waals surface area (Å²) in [6.45, 7) is 2.84. The maximum Gasteiger partial charge on any atom is 0.200 e. The van der Waals surface area contributed by atoms with Crippen molar-refractivity contribution < 1.29 is 9.15 Å². The molecule has 0 bridgehead atoms. The van der Waals surface area contributed by atoms with Gasteiger partial charge in [-0.15, -0.1) is 23.5 Å². The number of rotatable bonds is 2. The molecule has 2 aliphatic heterocycles. The van der Waals surface area contributed by atoms with E-state index in [-0.39, 0.29) is 5.43 Å². The Morgan fingerprint density at radius 3 is 2.48 bits per heavy atom. The van der Waals surface area contributed by atoms with E-state index in [4.69, 9.17) is 9.15 Å². The van der Waals surface area contributed by atoms with Gasteiger partial charge in [0.1, 0.15) is 5.76 Å². The Labute approximate surface area is 167 Å². The second-order valence-corrected chi connectivity index (χ2v) is 9.64. The van der Waals surface area contributed by atoms with E-state index in [2.05, 4.69) is 47.4 Å². The molecule has 1 aromatic heterocycles. The largest absolute Gasteiger partial charge is 0.441 e. The van der Waals surface area contributed by atoms with Crippen molar-refractivity contribution in [2.45, 2.75) is 21.0 Å². The smallest absolute Gasteiger partial charge is 0.200 e. The Hall–Kier alpha value is -1.63. The number of nitrogens with zero attached hydrogens (tertiary/aromatic N) is 1. The molecule has 2 fully saturated rings. The Bertz CT molecular complexity index is 895. The molecule has 4 unspecified atom stereocenters. The fourth-order valence-corrected chi connectivity index (χ4v) is 7.22. The number of morpholine rings is 1. The van der Waals surface area contributed by atoms with Crippen LogP contribution in [0.2, 0.25) is 0 Å².